The van der Waals surface area contributed by atoms with Crippen LogP contribution >= 0.6 is 11.8 Å². The fraction of sp³-hybridized carbons (Fsp3) is 0.579. The lowest BCUT2D eigenvalue weighted by Crippen LogP contribution is -2.49. The Labute approximate surface area is 155 Å². The predicted octanol–water partition coefficient (Wildman–Crippen LogP) is 2.24. The molecule has 2 N–H and O–H groups in total. The minimum absolute atomic E-state index is 0.0452. The Hall–Kier alpha value is -1.69. The van der Waals surface area contributed by atoms with Gasteiger partial charge >= 0.3 is 0 Å². The van der Waals surface area contributed by atoms with Gasteiger partial charge in [0.2, 0.25) is 0 Å². The molecule has 2 rings (SSSR count). The van der Waals surface area contributed by atoms with Gasteiger partial charge in [-0.2, -0.15) is 11.8 Å². The standard InChI is InChI=1S/C19H30N4OS/c1-14(2)17-13-23(10-11-25-17)19(21-4)22-9-8-15-6-5-7-16(12-15)18(24)20-3/h5-7,12,14,17H,8-11,13H2,1-4H3,(H,20,24)(H,21,22). The molecular weight excluding hydrogens is 332 g/mol. The maximum Gasteiger partial charge on any atom is 0.251 e. The van der Waals surface area contributed by atoms with Crippen LogP contribution in [-0.4, -0.2) is 61.5 Å². The van der Waals surface area contributed by atoms with Gasteiger partial charge in [0, 0.05) is 50.3 Å². The van der Waals surface area contributed by atoms with E-state index in [0.29, 0.717) is 16.7 Å². The Morgan fingerprint density at radius 3 is 2.92 bits per heavy atom. The summed E-state index contributed by atoms with van der Waals surface area (Å²) >= 11 is 2.07. The highest BCUT2D eigenvalue weighted by Crippen LogP contribution is 2.24. The van der Waals surface area contributed by atoms with E-state index in [-0.39, 0.29) is 5.91 Å². The molecule has 1 aliphatic heterocycles. The molecule has 0 saturated carbocycles. The van der Waals surface area contributed by atoms with Crippen molar-refractivity contribution in [1.82, 2.24) is 15.5 Å². The summed E-state index contributed by atoms with van der Waals surface area (Å²) in [5.41, 5.74) is 1.86. The van der Waals surface area contributed by atoms with Gasteiger partial charge in [0.25, 0.3) is 5.91 Å². The Morgan fingerprint density at radius 2 is 2.24 bits per heavy atom. The number of hydrogen-bond acceptors (Lipinski definition) is 3. The Balaban J connectivity index is 1.88. The second kappa shape index (κ2) is 9.70. The van der Waals surface area contributed by atoms with E-state index in [0.717, 1.165) is 43.3 Å². The average Bonchev–Trinajstić information content (AvgIpc) is 2.65. The lowest BCUT2D eigenvalue weighted by atomic mass is 10.1. The summed E-state index contributed by atoms with van der Waals surface area (Å²) in [6.45, 7) is 7.47. The minimum Gasteiger partial charge on any atom is -0.356 e. The zero-order valence-corrected chi connectivity index (χ0v) is 16.5. The molecule has 0 aliphatic carbocycles. The Bertz CT molecular complexity index is 603. The molecule has 0 aromatic heterocycles. The number of guanidine groups is 1. The number of hydrogen-bond donors (Lipinski definition) is 2. The van der Waals surface area contributed by atoms with E-state index in [1.165, 1.54) is 0 Å². The highest BCUT2D eigenvalue weighted by Gasteiger charge is 2.24. The summed E-state index contributed by atoms with van der Waals surface area (Å²) in [5.74, 6) is 2.76. The Morgan fingerprint density at radius 1 is 1.44 bits per heavy atom. The smallest absolute Gasteiger partial charge is 0.251 e. The molecule has 1 amide bonds. The fourth-order valence-corrected chi connectivity index (χ4v) is 4.23. The third-order valence-corrected chi connectivity index (χ3v) is 6.00. The number of carbonyl (C=O) groups excluding carboxylic acids is 1. The maximum absolute atomic E-state index is 11.7. The van der Waals surface area contributed by atoms with Crippen molar-refractivity contribution in [1.29, 1.82) is 0 Å². The van der Waals surface area contributed by atoms with Gasteiger partial charge < -0.3 is 15.5 Å². The van der Waals surface area contributed by atoms with Crippen LogP contribution in [0.3, 0.4) is 0 Å². The molecule has 1 fully saturated rings. The van der Waals surface area contributed by atoms with Crippen LogP contribution < -0.4 is 10.6 Å². The predicted molar refractivity (Wildman–Crippen MR) is 108 cm³/mol. The van der Waals surface area contributed by atoms with E-state index in [1.807, 2.05) is 25.2 Å². The van der Waals surface area contributed by atoms with Crippen LogP contribution in [0.5, 0.6) is 0 Å². The molecule has 0 bridgehead atoms. The molecule has 1 aliphatic rings. The Kier molecular flexibility index (Phi) is 7.62. The number of amides is 1. The van der Waals surface area contributed by atoms with Crippen molar-refractivity contribution in [2.45, 2.75) is 25.5 Å². The van der Waals surface area contributed by atoms with Gasteiger partial charge in [-0.3, -0.25) is 9.79 Å². The minimum atomic E-state index is -0.0452. The molecule has 0 radical (unpaired) electrons. The van der Waals surface area contributed by atoms with Crippen molar-refractivity contribution >= 4 is 23.6 Å². The summed E-state index contributed by atoms with van der Waals surface area (Å²) in [4.78, 5) is 18.5. The summed E-state index contributed by atoms with van der Waals surface area (Å²) in [7, 11) is 3.50. The van der Waals surface area contributed by atoms with E-state index >= 15 is 0 Å². The quantitative estimate of drug-likeness (QED) is 0.623. The second-order valence-corrected chi connectivity index (χ2v) is 7.95. The molecule has 1 saturated heterocycles. The number of thioether (sulfide) groups is 1. The van der Waals surface area contributed by atoms with Crippen LogP contribution in [0.4, 0.5) is 0 Å². The van der Waals surface area contributed by atoms with Crippen molar-refractivity contribution < 1.29 is 4.79 Å². The molecule has 138 valence electrons. The van der Waals surface area contributed by atoms with E-state index in [1.54, 1.807) is 7.05 Å². The highest BCUT2D eigenvalue weighted by atomic mass is 32.2. The van der Waals surface area contributed by atoms with Gasteiger partial charge in [0.05, 0.1) is 0 Å². The summed E-state index contributed by atoms with van der Waals surface area (Å²) in [6, 6.07) is 7.79. The average molecular weight is 363 g/mol. The molecule has 0 spiro atoms. The van der Waals surface area contributed by atoms with Crippen molar-refractivity contribution in [2.75, 3.05) is 39.5 Å². The van der Waals surface area contributed by atoms with Crippen molar-refractivity contribution in [3.8, 4) is 0 Å². The van der Waals surface area contributed by atoms with Crippen LogP contribution in [0.15, 0.2) is 29.3 Å². The molecule has 5 nitrogen and oxygen atoms in total. The third-order valence-electron chi connectivity index (χ3n) is 4.46. The third kappa shape index (κ3) is 5.66. The van der Waals surface area contributed by atoms with Crippen LogP contribution in [0.1, 0.15) is 29.8 Å². The first-order valence-corrected chi connectivity index (χ1v) is 9.98. The first kappa shape index (κ1) is 19.6. The van der Waals surface area contributed by atoms with Crippen molar-refractivity contribution in [3.63, 3.8) is 0 Å². The molecule has 1 unspecified atom stereocenters. The van der Waals surface area contributed by atoms with Gasteiger partial charge in [-0.15, -0.1) is 0 Å². The molecule has 1 aromatic carbocycles. The molecule has 25 heavy (non-hydrogen) atoms. The second-order valence-electron chi connectivity index (χ2n) is 6.60. The number of carbonyl (C=O) groups is 1. The number of rotatable bonds is 5. The van der Waals surface area contributed by atoms with Gasteiger partial charge in [0.15, 0.2) is 5.96 Å². The fourth-order valence-electron chi connectivity index (χ4n) is 2.93. The summed E-state index contributed by atoms with van der Waals surface area (Å²) < 4.78 is 0. The van der Waals surface area contributed by atoms with Crippen LogP contribution in [0.2, 0.25) is 0 Å². The monoisotopic (exact) mass is 362 g/mol. The van der Waals surface area contributed by atoms with Crippen molar-refractivity contribution in [2.24, 2.45) is 10.9 Å². The zero-order chi connectivity index (χ0) is 18.2. The normalized spacial score (nSPS) is 18.4. The molecular formula is C19H30N4OS. The van der Waals surface area contributed by atoms with Crippen LogP contribution in [0.25, 0.3) is 0 Å². The first-order valence-electron chi connectivity index (χ1n) is 8.93. The molecule has 1 atom stereocenters. The summed E-state index contributed by atoms with van der Waals surface area (Å²) in [5, 5.41) is 6.81. The van der Waals surface area contributed by atoms with E-state index < -0.39 is 0 Å². The number of nitrogens with one attached hydrogen (secondary N) is 2. The number of nitrogens with zero attached hydrogens (tertiary/aromatic N) is 2. The van der Waals surface area contributed by atoms with Crippen molar-refractivity contribution in [3.05, 3.63) is 35.4 Å². The van der Waals surface area contributed by atoms with Gasteiger partial charge in [-0.05, 0) is 30.0 Å². The topological polar surface area (TPSA) is 56.7 Å². The van der Waals surface area contributed by atoms with E-state index in [4.69, 9.17) is 0 Å². The highest BCUT2D eigenvalue weighted by molar-refractivity contribution is 8.00. The summed E-state index contributed by atoms with van der Waals surface area (Å²) in [6.07, 6.45) is 0.861. The number of benzene rings is 1. The van der Waals surface area contributed by atoms with Gasteiger partial charge in [-0.1, -0.05) is 26.0 Å². The van der Waals surface area contributed by atoms with Crippen LogP contribution in [0, 0.1) is 5.92 Å². The zero-order valence-electron chi connectivity index (χ0n) is 15.7. The largest absolute Gasteiger partial charge is 0.356 e. The van der Waals surface area contributed by atoms with Gasteiger partial charge in [0.1, 0.15) is 0 Å². The lowest BCUT2D eigenvalue weighted by molar-refractivity contribution is 0.0963. The van der Waals surface area contributed by atoms with Gasteiger partial charge in [-0.25, -0.2) is 0 Å². The SMILES string of the molecule is CN=C(NCCc1cccc(C(=O)NC)c1)N1CCSC(C(C)C)C1. The van der Waals surface area contributed by atoms with E-state index in [2.05, 4.69) is 52.2 Å². The molecule has 6 heteroatoms. The maximum atomic E-state index is 11.7. The van der Waals surface area contributed by atoms with E-state index in [9.17, 15) is 4.79 Å². The molecule has 1 heterocycles. The van der Waals surface area contributed by atoms with Crippen LogP contribution in [-0.2, 0) is 6.42 Å². The lowest BCUT2D eigenvalue weighted by Gasteiger charge is -2.36. The number of aliphatic imine (C=N–C) groups is 1. The molecule has 1 aromatic rings. The first-order chi connectivity index (χ1) is 12.0.